The van der Waals surface area contributed by atoms with Crippen molar-refractivity contribution < 1.29 is 36.0 Å². The van der Waals surface area contributed by atoms with Gasteiger partial charge in [-0.15, -0.1) is 0 Å². The minimum absolute atomic E-state index is 0.0487. The Bertz CT molecular complexity index is 1410. The number of ether oxygens (including phenoxy) is 2. The molecule has 0 bridgehead atoms. The Morgan fingerprint density at radius 1 is 0.812 bits per heavy atom. The highest BCUT2D eigenvalue weighted by Gasteiger charge is 2.63. The number of benzene rings is 2. The van der Waals surface area contributed by atoms with Crippen molar-refractivity contribution in [3.8, 4) is 0 Å². The maximum atomic E-state index is 12.6. The molecule has 2 aromatic rings. The summed E-state index contributed by atoms with van der Waals surface area (Å²) in [7, 11) is -8.53. The molecule has 3 rings (SSSR count). The van der Waals surface area contributed by atoms with E-state index in [0.717, 1.165) is 17.4 Å². The van der Waals surface area contributed by atoms with Crippen LogP contribution >= 0.6 is 0 Å². The minimum atomic E-state index is -3.89. The van der Waals surface area contributed by atoms with E-state index in [1.165, 1.54) is 0 Å². The van der Waals surface area contributed by atoms with E-state index < -0.39 is 55.9 Å². The van der Waals surface area contributed by atoms with Gasteiger partial charge in [0.15, 0.2) is 16.6 Å². The second-order valence-electron chi connectivity index (χ2n) is 16.9. The Hall–Kier alpha value is -1.42. The average molecular weight is 723 g/mol. The summed E-state index contributed by atoms with van der Waals surface area (Å²) in [4.78, 5) is 0. The number of aliphatic hydroxyl groups excluding tert-OH is 1. The molecule has 1 aliphatic carbocycles. The van der Waals surface area contributed by atoms with Gasteiger partial charge in [-0.3, -0.25) is 4.18 Å². The second kappa shape index (κ2) is 15.4. The Kier molecular flexibility index (Phi) is 13.2. The molecule has 48 heavy (non-hydrogen) atoms. The summed E-state index contributed by atoms with van der Waals surface area (Å²) in [5, 5.41) is 12.2. The molecule has 0 unspecified atom stereocenters. The van der Waals surface area contributed by atoms with Crippen molar-refractivity contribution in [1.29, 1.82) is 0 Å². The van der Waals surface area contributed by atoms with Gasteiger partial charge >= 0.3 is 0 Å². The van der Waals surface area contributed by atoms with Crippen LogP contribution in [0.15, 0.2) is 60.7 Å². The van der Waals surface area contributed by atoms with Gasteiger partial charge in [0, 0.05) is 24.4 Å². The highest BCUT2D eigenvalue weighted by Crippen LogP contribution is 2.54. The predicted octanol–water partition coefficient (Wildman–Crippen LogP) is 7.93. The monoisotopic (exact) mass is 722 g/mol. The normalized spacial score (nSPS) is 26.1. The quantitative estimate of drug-likeness (QED) is 0.146. The van der Waals surface area contributed by atoms with Crippen molar-refractivity contribution >= 4 is 26.8 Å². The van der Waals surface area contributed by atoms with E-state index in [0.29, 0.717) is 13.2 Å². The fraction of sp³-hybridized carbons (Fsp3) is 0.676. The first kappa shape index (κ1) is 41.0. The predicted molar refractivity (Wildman–Crippen MR) is 198 cm³/mol. The fourth-order valence-corrected chi connectivity index (χ4v) is 8.71. The number of hydrogen-bond acceptors (Lipinski definition) is 8. The van der Waals surface area contributed by atoms with Gasteiger partial charge in [-0.2, -0.15) is 8.42 Å². The molecule has 0 heterocycles. The van der Waals surface area contributed by atoms with Crippen molar-refractivity contribution in [2.45, 2.75) is 122 Å². The lowest BCUT2D eigenvalue weighted by Crippen LogP contribution is -2.70. The summed E-state index contributed by atoms with van der Waals surface area (Å²) in [6, 6.07) is 19.6. The fourth-order valence-electron chi connectivity index (χ4n) is 5.77. The number of aliphatic hydroxyl groups is 1. The molecule has 5 atom stereocenters. The van der Waals surface area contributed by atoms with E-state index in [-0.39, 0.29) is 36.3 Å². The summed E-state index contributed by atoms with van der Waals surface area (Å²) < 4.78 is 58.3. The van der Waals surface area contributed by atoms with Crippen LogP contribution in [-0.4, -0.2) is 74.0 Å². The van der Waals surface area contributed by atoms with Crippen LogP contribution in [0, 0.1) is 11.3 Å². The Morgan fingerprint density at radius 2 is 1.31 bits per heavy atom. The molecule has 0 aliphatic heterocycles. The maximum Gasteiger partial charge on any atom is 0.264 e. The van der Waals surface area contributed by atoms with Crippen molar-refractivity contribution in [2.24, 2.45) is 11.3 Å². The van der Waals surface area contributed by atoms with Crippen molar-refractivity contribution in [2.75, 3.05) is 26.1 Å². The molecule has 272 valence electrons. The highest BCUT2D eigenvalue weighted by atomic mass is 32.2. The Balaban J connectivity index is 2.22. The lowest BCUT2D eigenvalue weighted by Gasteiger charge is -2.60. The topological polar surface area (TPSA) is 101 Å². The molecule has 0 saturated heterocycles. The van der Waals surface area contributed by atoms with Gasteiger partial charge in [0.05, 0.1) is 44.9 Å². The lowest BCUT2D eigenvalue weighted by molar-refractivity contribution is -0.264. The summed E-state index contributed by atoms with van der Waals surface area (Å²) in [6.45, 7) is 24.9. The molecule has 2 aromatic carbocycles. The summed E-state index contributed by atoms with van der Waals surface area (Å²) in [6.07, 6.45) is -0.294. The second-order valence-corrected chi connectivity index (χ2v) is 28.1. The van der Waals surface area contributed by atoms with Gasteiger partial charge in [-0.1, -0.05) is 109 Å². The van der Waals surface area contributed by atoms with Crippen LogP contribution < -0.4 is 0 Å². The van der Waals surface area contributed by atoms with Gasteiger partial charge in [0.2, 0.25) is 0 Å². The third-order valence-corrected chi connectivity index (χ3v) is 20.7. The van der Waals surface area contributed by atoms with Crippen LogP contribution in [0.3, 0.4) is 0 Å². The zero-order valence-electron chi connectivity index (χ0n) is 31.5. The van der Waals surface area contributed by atoms with Gasteiger partial charge < -0.3 is 23.4 Å². The summed E-state index contributed by atoms with van der Waals surface area (Å²) in [5.41, 5.74) is -0.330. The number of hydrogen-bond donors (Lipinski definition) is 1. The standard InChI is InChI=1S/C37H62O8SSi2/c1-34(2,3)47(9,10)44-27-36(7)31(26-41-24-29-19-15-13-16-20-29)37(28-43-46(8,39)40,42-25-30-21-17-14-18-22-30)32(38)23-33(36)45-48(11,12)35(4,5)6/h13-22,31-33,38H,23-28H2,1-12H3/t31-,32+,33-,36-,37+/m0/s1. The highest BCUT2D eigenvalue weighted by molar-refractivity contribution is 7.86. The number of rotatable bonds is 15. The van der Waals surface area contributed by atoms with Crippen LogP contribution in [0.1, 0.15) is 66.0 Å². The molecule has 8 nitrogen and oxygen atoms in total. The molecule has 1 aliphatic rings. The average Bonchev–Trinajstić information content (AvgIpc) is 2.97. The van der Waals surface area contributed by atoms with E-state index in [1.807, 2.05) is 60.7 Å². The van der Waals surface area contributed by atoms with E-state index in [9.17, 15) is 13.5 Å². The molecular formula is C37H62O8SSi2. The smallest absolute Gasteiger partial charge is 0.264 e. The van der Waals surface area contributed by atoms with Crippen LogP contribution in [0.4, 0.5) is 0 Å². The van der Waals surface area contributed by atoms with Crippen molar-refractivity contribution in [3.63, 3.8) is 0 Å². The van der Waals surface area contributed by atoms with Gasteiger partial charge in [-0.25, -0.2) is 0 Å². The molecule has 0 amide bonds. The molecule has 1 saturated carbocycles. The van der Waals surface area contributed by atoms with Gasteiger partial charge in [0.25, 0.3) is 10.1 Å². The van der Waals surface area contributed by atoms with E-state index >= 15 is 0 Å². The Morgan fingerprint density at radius 3 is 1.79 bits per heavy atom. The first-order valence-corrected chi connectivity index (χ1v) is 24.7. The van der Waals surface area contributed by atoms with Crippen LogP contribution in [0.5, 0.6) is 0 Å². The zero-order valence-corrected chi connectivity index (χ0v) is 34.3. The SMILES string of the molecule is CC(C)(C)[Si](C)(C)OC[C@]1(C)[C@@H](O[Si](C)(C)C(C)(C)C)C[C@@H](O)[C@](COS(C)(=O)=O)(OCc2ccccc2)[C@H]1COCc1ccccc1. The molecule has 0 aromatic heterocycles. The molecule has 0 radical (unpaired) electrons. The van der Waals surface area contributed by atoms with Gasteiger partial charge in [-0.05, 0) is 47.4 Å². The first-order valence-electron chi connectivity index (χ1n) is 17.1. The third-order valence-electron chi connectivity index (χ3n) is 11.2. The van der Waals surface area contributed by atoms with Crippen molar-refractivity contribution in [3.05, 3.63) is 71.8 Å². The molecule has 11 heteroatoms. The minimum Gasteiger partial charge on any atom is -0.416 e. The third kappa shape index (κ3) is 10.1. The zero-order chi connectivity index (χ0) is 36.2. The molecule has 1 fully saturated rings. The van der Waals surface area contributed by atoms with Crippen LogP contribution in [0.25, 0.3) is 0 Å². The Labute approximate surface area is 293 Å². The van der Waals surface area contributed by atoms with E-state index in [4.69, 9.17) is 22.5 Å². The maximum absolute atomic E-state index is 12.6. The summed E-state index contributed by atoms with van der Waals surface area (Å²) >= 11 is 0. The first-order chi connectivity index (χ1) is 21.9. The van der Waals surface area contributed by atoms with E-state index in [2.05, 4.69) is 74.7 Å². The lowest BCUT2D eigenvalue weighted by atomic mass is 9.58. The van der Waals surface area contributed by atoms with Crippen LogP contribution in [-0.2, 0) is 45.8 Å². The van der Waals surface area contributed by atoms with Crippen molar-refractivity contribution in [1.82, 2.24) is 0 Å². The van der Waals surface area contributed by atoms with E-state index in [1.54, 1.807) is 0 Å². The summed E-state index contributed by atoms with van der Waals surface area (Å²) in [5.74, 6) is -0.581. The van der Waals surface area contributed by atoms with Crippen LogP contribution in [0.2, 0.25) is 36.3 Å². The van der Waals surface area contributed by atoms with Gasteiger partial charge in [0.1, 0.15) is 5.60 Å². The molecular weight excluding hydrogens is 661 g/mol. The molecule has 0 spiro atoms. The molecule has 1 N–H and O–H groups in total. The largest absolute Gasteiger partial charge is 0.416 e.